The summed E-state index contributed by atoms with van der Waals surface area (Å²) < 4.78 is 9.98. The first-order chi connectivity index (χ1) is 10.3. The molecule has 0 spiro atoms. The van der Waals surface area contributed by atoms with Gasteiger partial charge in [-0.25, -0.2) is 9.97 Å². The van der Waals surface area contributed by atoms with Gasteiger partial charge in [0.05, 0.1) is 12.5 Å². The first-order valence-electron chi connectivity index (χ1n) is 7.87. The number of imidazole rings is 2. The van der Waals surface area contributed by atoms with Crippen LogP contribution in [0, 0.1) is 5.92 Å². The molecule has 0 amide bonds. The first-order valence-corrected chi connectivity index (χ1v) is 7.87. The normalized spacial score (nSPS) is 19.3. The molecule has 3 heterocycles. The van der Waals surface area contributed by atoms with Crippen LogP contribution in [0.15, 0.2) is 24.9 Å². The van der Waals surface area contributed by atoms with Crippen LogP contribution in [0.1, 0.15) is 39.2 Å². The van der Waals surface area contributed by atoms with Gasteiger partial charge in [0.1, 0.15) is 5.69 Å². The van der Waals surface area contributed by atoms with Crippen molar-refractivity contribution < 1.29 is 4.74 Å². The Morgan fingerprint density at radius 2 is 2.33 bits per heavy atom. The van der Waals surface area contributed by atoms with Gasteiger partial charge >= 0.3 is 0 Å². The zero-order valence-electron chi connectivity index (χ0n) is 12.9. The molecule has 1 aliphatic rings. The van der Waals surface area contributed by atoms with E-state index in [0.29, 0.717) is 12.0 Å². The fourth-order valence-corrected chi connectivity index (χ4v) is 2.97. The summed E-state index contributed by atoms with van der Waals surface area (Å²) in [4.78, 5) is 8.82. The molecule has 1 unspecified atom stereocenters. The zero-order valence-corrected chi connectivity index (χ0v) is 12.9. The highest BCUT2D eigenvalue weighted by Crippen LogP contribution is 2.23. The van der Waals surface area contributed by atoms with E-state index in [4.69, 9.17) is 4.74 Å². The van der Waals surface area contributed by atoms with Crippen molar-refractivity contribution in [1.82, 2.24) is 19.1 Å². The summed E-state index contributed by atoms with van der Waals surface area (Å²) in [5.41, 5.74) is 1.09. The molecule has 1 aliphatic heterocycles. The second kappa shape index (κ2) is 6.43. The van der Waals surface area contributed by atoms with Crippen LogP contribution in [0.5, 0.6) is 0 Å². The van der Waals surface area contributed by atoms with Crippen molar-refractivity contribution in [1.29, 1.82) is 0 Å². The summed E-state index contributed by atoms with van der Waals surface area (Å²) in [6, 6.07) is 0.388. The molecule has 0 saturated carbocycles. The van der Waals surface area contributed by atoms with Crippen LogP contribution in [0.3, 0.4) is 0 Å². The van der Waals surface area contributed by atoms with Crippen molar-refractivity contribution in [2.75, 3.05) is 13.2 Å². The summed E-state index contributed by atoms with van der Waals surface area (Å²) in [5.74, 6) is 1.70. The van der Waals surface area contributed by atoms with Gasteiger partial charge in [0, 0.05) is 38.2 Å². The Balaban J connectivity index is 1.73. The van der Waals surface area contributed by atoms with Crippen LogP contribution in [-0.4, -0.2) is 32.3 Å². The fraction of sp³-hybridized carbons (Fsp3) is 0.625. The van der Waals surface area contributed by atoms with E-state index in [1.807, 2.05) is 18.7 Å². The lowest BCUT2D eigenvalue weighted by Gasteiger charge is -2.22. The van der Waals surface area contributed by atoms with Crippen molar-refractivity contribution in [3.63, 3.8) is 0 Å². The minimum atomic E-state index is 0.388. The van der Waals surface area contributed by atoms with E-state index in [2.05, 4.69) is 39.1 Å². The second-order valence-electron chi connectivity index (χ2n) is 6.10. The van der Waals surface area contributed by atoms with Gasteiger partial charge in [-0.2, -0.15) is 0 Å². The third kappa shape index (κ3) is 3.18. The first kappa shape index (κ1) is 14.3. The van der Waals surface area contributed by atoms with Gasteiger partial charge in [-0.05, 0) is 39.0 Å². The second-order valence-corrected chi connectivity index (χ2v) is 6.10. The highest BCUT2D eigenvalue weighted by molar-refractivity contribution is 5.49. The Morgan fingerprint density at radius 1 is 1.43 bits per heavy atom. The summed E-state index contributed by atoms with van der Waals surface area (Å²) in [6.07, 6.45) is 11.4. The molecule has 2 aromatic rings. The van der Waals surface area contributed by atoms with E-state index >= 15 is 0 Å². The molecule has 0 aromatic carbocycles. The van der Waals surface area contributed by atoms with E-state index in [0.717, 1.165) is 37.7 Å². The molecule has 0 radical (unpaired) electrons. The van der Waals surface area contributed by atoms with Crippen LogP contribution in [0.2, 0.25) is 0 Å². The van der Waals surface area contributed by atoms with E-state index in [9.17, 15) is 0 Å². The number of aromatic nitrogens is 4. The van der Waals surface area contributed by atoms with Crippen molar-refractivity contribution >= 4 is 0 Å². The number of aryl methyl sites for hydroxylation is 1. The smallest absolute Gasteiger partial charge is 0.158 e. The Kier molecular flexibility index (Phi) is 4.39. The van der Waals surface area contributed by atoms with E-state index < -0.39 is 0 Å². The van der Waals surface area contributed by atoms with Crippen LogP contribution in [-0.2, 0) is 11.3 Å². The molecule has 0 aliphatic carbocycles. The maximum absolute atomic E-state index is 5.57. The van der Waals surface area contributed by atoms with Crippen molar-refractivity contribution in [2.24, 2.45) is 5.92 Å². The molecule has 5 heteroatoms. The number of hydrogen-bond donors (Lipinski definition) is 0. The van der Waals surface area contributed by atoms with Crippen molar-refractivity contribution in [3.8, 4) is 11.5 Å². The molecular weight excluding hydrogens is 264 g/mol. The Labute approximate surface area is 126 Å². The Hall–Kier alpha value is -1.62. The molecule has 1 saturated heterocycles. The summed E-state index contributed by atoms with van der Waals surface area (Å²) in [6.45, 7) is 7.16. The Morgan fingerprint density at radius 3 is 3.10 bits per heavy atom. The van der Waals surface area contributed by atoms with Crippen LogP contribution in [0.4, 0.5) is 0 Å². The van der Waals surface area contributed by atoms with Gasteiger partial charge < -0.3 is 13.9 Å². The summed E-state index contributed by atoms with van der Waals surface area (Å²) in [5, 5.41) is 0. The molecular formula is C16H24N4O. The van der Waals surface area contributed by atoms with Gasteiger partial charge in [-0.15, -0.1) is 0 Å². The fourth-order valence-electron chi connectivity index (χ4n) is 2.97. The zero-order chi connectivity index (χ0) is 14.7. The van der Waals surface area contributed by atoms with E-state index in [-0.39, 0.29) is 0 Å². The highest BCUT2D eigenvalue weighted by Gasteiger charge is 2.16. The van der Waals surface area contributed by atoms with Gasteiger partial charge in [0.25, 0.3) is 0 Å². The minimum absolute atomic E-state index is 0.388. The lowest BCUT2D eigenvalue weighted by atomic mass is 9.99. The van der Waals surface area contributed by atoms with Crippen LogP contribution >= 0.6 is 0 Å². The van der Waals surface area contributed by atoms with Gasteiger partial charge in [0.15, 0.2) is 5.82 Å². The highest BCUT2D eigenvalue weighted by atomic mass is 16.5. The number of hydrogen-bond acceptors (Lipinski definition) is 3. The maximum atomic E-state index is 5.57. The van der Waals surface area contributed by atoms with Crippen molar-refractivity contribution in [3.05, 3.63) is 24.9 Å². The standard InChI is InChI=1S/C16H24N4O/c1-13(2)20-12-17-10-15(20)16-18-6-8-19(16)7-5-14-4-3-9-21-11-14/h6,8,10,12-14H,3-5,7,9,11H2,1-2H3. The van der Waals surface area contributed by atoms with Crippen molar-refractivity contribution in [2.45, 2.75) is 45.7 Å². The maximum Gasteiger partial charge on any atom is 0.158 e. The van der Waals surface area contributed by atoms with Crippen LogP contribution < -0.4 is 0 Å². The monoisotopic (exact) mass is 288 g/mol. The Bertz CT molecular complexity index is 566. The summed E-state index contributed by atoms with van der Waals surface area (Å²) >= 11 is 0. The predicted octanol–water partition coefficient (Wildman–Crippen LogP) is 3.14. The topological polar surface area (TPSA) is 44.9 Å². The average molecular weight is 288 g/mol. The van der Waals surface area contributed by atoms with E-state index in [1.54, 1.807) is 0 Å². The predicted molar refractivity (Wildman–Crippen MR) is 82.0 cm³/mol. The average Bonchev–Trinajstić information content (AvgIpc) is 3.14. The number of ether oxygens (including phenoxy) is 1. The minimum Gasteiger partial charge on any atom is -0.381 e. The molecule has 1 atom stereocenters. The number of nitrogens with zero attached hydrogens (tertiary/aromatic N) is 4. The van der Waals surface area contributed by atoms with E-state index in [1.165, 1.54) is 12.8 Å². The largest absolute Gasteiger partial charge is 0.381 e. The quantitative estimate of drug-likeness (QED) is 0.849. The SMILES string of the molecule is CC(C)n1cncc1-c1nccn1CCC1CCCOC1. The van der Waals surface area contributed by atoms with Crippen LogP contribution in [0.25, 0.3) is 11.5 Å². The lowest BCUT2D eigenvalue weighted by Crippen LogP contribution is -2.19. The molecule has 1 fully saturated rings. The molecule has 21 heavy (non-hydrogen) atoms. The number of rotatable bonds is 5. The molecule has 0 bridgehead atoms. The third-order valence-corrected chi connectivity index (χ3v) is 4.20. The van der Waals surface area contributed by atoms with Gasteiger partial charge in [-0.1, -0.05) is 0 Å². The molecule has 2 aromatic heterocycles. The molecule has 5 nitrogen and oxygen atoms in total. The lowest BCUT2D eigenvalue weighted by molar-refractivity contribution is 0.0501. The molecule has 0 N–H and O–H groups in total. The molecule has 114 valence electrons. The third-order valence-electron chi connectivity index (χ3n) is 4.20. The molecule has 3 rings (SSSR count). The van der Waals surface area contributed by atoms with Gasteiger partial charge in [-0.3, -0.25) is 0 Å². The van der Waals surface area contributed by atoms with Gasteiger partial charge in [0.2, 0.25) is 0 Å². The summed E-state index contributed by atoms with van der Waals surface area (Å²) in [7, 11) is 0.